The van der Waals surface area contributed by atoms with Gasteiger partial charge in [-0.1, -0.05) is 18.2 Å². The first-order valence-electron chi connectivity index (χ1n) is 13.7. The van der Waals surface area contributed by atoms with Gasteiger partial charge in [-0.2, -0.15) is 5.10 Å². The number of halogens is 1. The van der Waals surface area contributed by atoms with E-state index in [1.165, 1.54) is 18.5 Å². The van der Waals surface area contributed by atoms with Crippen molar-refractivity contribution in [3.05, 3.63) is 66.0 Å². The van der Waals surface area contributed by atoms with Crippen LogP contribution in [0.4, 0.5) is 10.2 Å². The van der Waals surface area contributed by atoms with Crippen LogP contribution in [0.15, 0.2) is 48.8 Å². The molecule has 0 unspecified atom stereocenters. The van der Waals surface area contributed by atoms with Crippen LogP contribution in [-0.2, 0) is 11.2 Å². The van der Waals surface area contributed by atoms with Gasteiger partial charge in [0.25, 0.3) is 0 Å². The summed E-state index contributed by atoms with van der Waals surface area (Å²) in [5.41, 5.74) is 11.5. The van der Waals surface area contributed by atoms with Crippen molar-refractivity contribution in [1.29, 1.82) is 0 Å². The summed E-state index contributed by atoms with van der Waals surface area (Å²) in [6.07, 6.45) is 6.41. The first kappa shape index (κ1) is 24.2. The van der Waals surface area contributed by atoms with Gasteiger partial charge in [0.15, 0.2) is 5.65 Å². The molecule has 3 N–H and O–H groups in total. The number of hydrogen-bond donors (Lipinski definition) is 2. The van der Waals surface area contributed by atoms with E-state index in [2.05, 4.69) is 24.5 Å². The maximum absolute atomic E-state index is 13.6. The number of rotatable bonds is 5. The van der Waals surface area contributed by atoms with Gasteiger partial charge >= 0.3 is 0 Å². The van der Waals surface area contributed by atoms with Crippen molar-refractivity contribution in [2.45, 2.75) is 44.2 Å². The first-order valence-corrected chi connectivity index (χ1v) is 13.7. The SMILES string of the molecule is Nc1ncnc2c1c(-c1ccc3nc(Cc4cccc(F)c4)[nH]c3c1)nn2[C@H]1CC[C@H](N2CCOCC2)CC1. The minimum atomic E-state index is -0.247. The van der Waals surface area contributed by atoms with Gasteiger partial charge in [0, 0.05) is 31.1 Å². The zero-order valence-corrected chi connectivity index (χ0v) is 21.7. The van der Waals surface area contributed by atoms with Crippen molar-refractivity contribution in [1.82, 2.24) is 34.6 Å². The van der Waals surface area contributed by atoms with E-state index in [0.717, 1.165) is 96.7 Å². The molecule has 2 aromatic carbocycles. The average Bonchev–Trinajstić information content (AvgIpc) is 3.55. The quantitative estimate of drug-likeness (QED) is 0.347. The Bertz CT molecular complexity index is 1630. The molecule has 1 aliphatic heterocycles. The second-order valence-electron chi connectivity index (χ2n) is 10.6. The maximum Gasteiger partial charge on any atom is 0.164 e. The van der Waals surface area contributed by atoms with E-state index in [9.17, 15) is 4.39 Å². The zero-order chi connectivity index (χ0) is 26.3. The van der Waals surface area contributed by atoms with Crippen molar-refractivity contribution in [2.75, 3.05) is 32.0 Å². The molecule has 2 fully saturated rings. The molecule has 0 radical (unpaired) electrons. The van der Waals surface area contributed by atoms with Gasteiger partial charge < -0.3 is 15.5 Å². The van der Waals surface area contributed by atoms with Crippen molar-refractivity contribution >= 4 is 27.9 Å². The number of fused-ring (bicyclic) bond motifs is 2. The molecular weight excluding hydrogens is 495 g/mol. The number of morpholine rings is 1. The van der Waals surface area contributed by atoms with E-state index >= 15 is 0 Å². The second kappa shape index (κ2) is 10.0. The summed E-state index contributed by atoms with van der Waals surface area (Å²) in [6, 6.07) is 13.5. The Morgan fingerprint density at radius 3 is 2.64 bits per heavy atom. The fourth-order valence-corrected chi connectivity index (χ4v) is 6.20. The molecule has 0 atom stereocenters. The van der Waals surface area contributed by atoms with E-state index in [0.29, 0.717) is 18.3 Å². The van der Waals surface area contributed by atoms with E-state index in [-0.39, 0.29) is 11.9 Å². The number of nitrogens with zero attached hydrogens (tertiary/aromatic N) is 6. The van der Waals surface area contributed by atoms with Gasteiger partial charge in [-0.25, -0.2) is 24.0 Å². The normalized spacial score (nSPS) is 20.6. The van der Waals surface area contributed by atoms with Crippen LogP contribution < -0.4 is 5.73 Å². The third kappa shape index (κ3) is 4.63. The molecule has 1 saturated heterocycles. The van der Waals surface area contributed by atoms with Gasteiger partial charge in [0.05, 0.1) is 35.7 Å². The average molecular weight is 527 g/mol. The number of hydrogen-bond acceptors (Lipinski definition) is 7. The van der Waals surface area contributed by atoms with Crippen molar-refractivity contribution in [2.24, 2.45) is 0 Å². The number of aromatic amines is 1. The minimum absolute atomic E-state index is 0.247. The van der Waals surface area contributed by atoms with Crippen molar-refractivity contribution in [3.8, 4) is 11.3 Å². The van der Waals surface area contributed by atoms with Gasteiger partial charge in [-0.05, 0) is 55.5 Å². The predicted octanol–water partition coefficient (Wildman–Crippen LogP) is 4.50. The largest absolute Gasteiger partial charge is 0.383 e. The lowest BCUT2D eigenvalue weighted by molar-refractivity contribution is 0.00520. The number of nitrogens with one attached hydrogen (secondary N) is 1. The number of nitrogens with two attached hydrogens (primary N) is 1. The summed E-state index contributed by atoms with van der Waals surface area (Å²) in [5, 5.41) is 5.88. The fraction of sp³-hybridized carbons (Fsp3) is 0.379. The number of aromatic nitrogens is 6. The van der Waals surface area contributed by atoms with Crippen molar-refractivity contribution < 1.29 is 9.13 Å². The molecule has 0 spiro atoms. The second-order valence-corrected chi connectivity index (χ2v) is 10.6. The Kier molecular flexibility index (Phi) is 6.21. The van der Waals surface area contributed by atoms with Crippen LogP contribution in [-0.4, -0.2) is 67.0 Å². The summed E-state index contributed by atoms with van der Waals surface area (Å²) in [4.78, 5) is 19.6. The monoisotopic (exact) mass is 526 g/mol. The first-order chi connectivity index (χ1) is 19.1. The molecule has 7 rings (SSSR count). The minimum Gasteiger partial charge on any atom is -0.383 e. The Morgan fingerprint density at radius 1 is 1.00 bits per heavy atom. The third-order valence-corrected chi connectivity index (χ3v) is 8.16. The highest BCUT2D eigenvalue weighted by Gasteiger charge is 2.30. The topological polar surface area (TPSA) is 111 Å². The van der Waals surface area contributed by atoms with E-state index in [1.54, 1.807) is 6.07 Å². The lowest BCUT2D eigenvalue weighted by Crippen LogP contribution is -2.45. The number of H-pyrrole nitrogens is 1. The van der Waals surface area contributed by atoms with Crippen LogP contribution in [0.25, 0.3) is 33.3 Å². The molecule has 3 aromatic heterocycles. The van der Waals surface area contributed by atoms with E-state index in [1.807, 2.05) is 24.3 Å². The van der Waals surface area contributed by atoms with Crippen LogP contribution in [0.3, 0.4) is 0 Å². The van der Waals surface area contributed by atoms with E-state index in [4.69, 9.17) is 20.6 Å². The summed E-state index contributed by atoms with van der Waals surface area (Å²) < 4.78 is 21.3. The third-order valence-electron chi connectivity index (χ3n) is 8.16. The van der Waals surface area contributed by atoms with Crippen LogP contribution >= 0.6 is 0 Å². The number of anilines is 1. The van der Waals surface area contributed by atoms with Crippen LogP contribution in [0, 0.1) is 5.82 Å². The molecular formula is C29H31FN8O. The van der Waals surface area contributed by atoms with Gasteiger partial charge in [-0.3, -0.25) is 4.90 Å². The molecule has 1 aliphatic carbocycles. The molecule has 200 valence electrons. The highest BCUT2D eigenvalue weighted by Crippen LogP contribution is 2.37. The summed E-state index contributed by atoms with van der Waals surface area (Å²) in [5.74, 6) is 0.963. The lowest BCUT2D eigenvalue weighted by atomic mass is 9.90. The van der Waals surface area contributed by atoms with Crippen LogP contribution in [0.5, 0.6) is 0 Å². The molecule has 4 heterocycles. The van der Waals surface area contributed by atoms with Crippen LogP contribution in [0.1, 0.15) is 43.1 Å². The van der Waals surface area contributed by atoms with Gasteiger partial charge in [0.1, 0.15) is 29.5 Å². The smallest absolute Gasteiger partial charge is 0.164 e. The predicted molar refractivity (Wildman–Crippen MR) is 148 cm³/mol. The summed E-state index contributed by atoms with van der Waals surface area (Å²) in [6.45, 7) is 3.70. The molecule has 9 nitrogen and oxygen atoms in total. The zero-order valence-electron chi connectivity index (χ0n) is 21.7. The van der Waals surface area contributed by atoms with E-state index < -0.39 is 0 Å². The highest BCUT2D eigenvalue weighted by atomic mass is 19.1. The summed E-state index contributed by atoms with van der Waals surface area (Å²) in [7, 11) is 0. The molecule has 0 amide bonds. The lowest BCUT2D eigenvalue weighted by Gasteiger charge is -2.38. The molecule has 10 heteroatoms. The number of ether oxygens (including phenoxy) is 1. The maximum atomic E-state index is 13.6. The van der Waals surface area contributed by atoms with Crippen LogP contribution in [0.2, 0.25) is 0 Å². The number of benzene rings is 2. The number of imidazole rings is 1. The Labute approximate surface area is 225 Å². The Hall–Kier alpha value is -3.89. The van der Waals surface area contributed by atoms with Gasteiger partial charge in [0.2, 0.25) is 0 Å². The van der Waals surface area contributed by atoms with Crippen molar-refractivity contribution in [3.63, 3.8) is 0 Å². The molecule has 0 bridgehead atoms. The molecule has 2 aliphatic rings. The molecule has 1 saturated carbocycles. The highest BCUT2D eigenvalue weighted by molar-refractivity contribution is 5.99. The standard InChI is InChI=1S/C29H31FN8O/c30-20-3-1-2-18(14-20)15-25-34-23-9-4-19(16-24(23)35-25)27-26-28(31)32-17-33-29(26)38(36-27)22-7-5-21(6-8-22)37-10-12-39-13-11-37/h1-4,9,14,16-17,21-22H,5-8,10-13,15H2,(H,34,35)(H2,31,32,33)/t21-,22-. The molecule has 5 aromatic rings. The molecule has 39 heavy (non-hydrogen) atoms. The fourth-order valence-electron chi connectivity index (χ4n) is 6.20. The van der Waals surface area contributed by atoms with Gasteiger partial charge in [-0.15, -0.1) is 0 Å². The summed E-state index contributed by atoms with van der Waals surface area (Å²) >= 11 is 0. The Morgan fingerprint density at radius 2 is 1.82 bits per heavy atom. The number of nitrogen functional groups attached to an aromatic ring is 1. The Balaban J connectivity index is 1.19.